The molecule has 2 aromatic rings. The maximum atomic E-state index is 5.84. The van der Waals surface area contributed by atoms with E-state index in [1.807, 2.05) is 12.1 Å². The number of nitrogens with one attached hydrogen (secondary N) is 1. The average Bonchev–Trinajstić information content (AvgIpc) is 2.49. The fourth-order valence-corrected chi connectivity index (χ4v) is 3.53. The molecular formula is C17H19IN2. The van der Waals surface area contributed by atoms with E-state index < -0.39 is 0 Å². The van der Waals surface area contributed by atoms with Crippen LogP contribution in [-0.2, 0) is 5.41 Å². The number of anilines is 1. The Kier molecular flexibility index (Phi) is 3.98. The first-order valence-corrected chi connectivity index (χ1v) is 8.11. The van der Waals surface area contributed by atoms with Crippen LogP contribution in [0.1, 0.15) is 24.0 Å². The smallest absolute Gasteiger partial charge is 0.0314 e. The van der Waals surface area contributed by atoms with Gasteiger partial charge in [0.05, 0.1) is 0 Å². The molecule has 3 heteroatoms. The zero-order chi connectivity index (χ0) is 14.0. The molecule has 0 saturated carbocycles. The first-order chi connectivity index (χ1) is 9.71. The highest BCUT2D eigenvalue weighted by molar-refractivity contribution is 14.1. The molecule has 0 bridgehead atoms. The van der Waals surface area contributed by atoms with Gasteiger partial charge in [-0.05, 0) is 83.9 Å². The maximum Gasteiger partial charge on any atom is 0.0314 e. The number of rotatable bonds is 2. The van der Waals surface area contributed by atoms with Crippen LogP contribution in [0.3, 0.4) is 0 Å². The molecule has 0 aromatic heterocycles. The normalized spacial score (nSPS) is 17.9. The summed E-state index contributed by atoms with van der Waals surface area (Å²) in [6.07, 6.45) is 2.27. The number of halogens is 1. The van der Waals surface area contributed by atoms with Gasteiger partial charge in [-0.3, -0.25) is 0 Å². The Morgan fingerprint density at radius 2 is 1.35 bits per heavy atom. The van der Waals surface area contributed by atoms with Gasteiger partial charge in [0.15, 0.2) is 0 Å². The fourth-order valence-electron chi connectivity index (χ4n) is 3.17. The monoisotopic (exact) mass is 378 g/mol. The molecule has 2 aromatic carbocycles. The summed E-state index contributed by atoms with van der Waals surface area (Å²) in [7, 11) is 0. The summed E-state index contributed by atoms with van der Waals surface area (Å²) in [5, 5.41) is 3.48. The summed E-state index contributed by atoms with van der Waals surface area (Å²) in [5.74, 6) is 0. The Bertz CT molecular complexity index is 521. The summed E-state index contributed by atoms with van der Waals surface area (Å²) in [5.41, 5.74) is 9.61. The number of benzene rings is 2. The van der Waals surface area contributed by atoms with Crippen molar-refractivity contribution in [3.8, 4) is 0 Å². The van der Waals surface area contributed by atoms with Crippen LogP contribution in [0.15, 0.2) is 48.5 Å². The van der Waals surface area contributed by atoms with Crippen LogP contribution in [0.25, 0.3) is 0 Å². The van der Waals surface area contributed by atoms with Crippen LogP contribution in [0.5, 0.6) is 0 Å². The summed E-state index contributed by atoms with van der Waals surface area (Å²) < 4.78 is 1.28. The summed E-state index contributed by atoms with van der Waals surface area (Å²) in [6, 6.07) is 17.4. The van der Waals surface area contributed by atoms with E-state index in [-0.39, 0.29) is 5.41 Å². The van der Waals surface area contributed by atoms with Gasteiger partial charge in [0.2, 0.25) is 0 Å². The van der Waals surface area contributed by atoms with Gasteiger partial charge in [0.1, 0.15) is 0 Å². The van der Waals surface area contributed by atoms with Crippen molar-refractivity contribution in [1.82, 2.24) is 5.32 Å². The van der Waals surface area contributed by atoms with Crippen molar-refractivity contribution in [3.63, 3.8) is 0 Å². The van der Waals surface area contributed by atoms with Crippen molar-refractivity contribution in [2.75, 3.05) is 18.8 Å². The van der Waals surface area contributed by atoms with Gasteiger partial charge in [0, 0.05) is 14.7 Å². The molecule has 2 nitrogen and oxygen atoms in total. The fraction of sp³-hybridized carbons (Fsp3) is 0.294. The molecule has 104 valence electrons. The molecule has 0 unspecified atom stereocenters. The largest absolute Gasteiger partial charge is 0.399 e. The molecule has 1 heterocycles. The molecule has 1 aliphatic rings. The number of nitrogens with two attached hydrogens (primary N) is 1. The van der Waals surface area contributed by atoms with Crippen LogP contribution in [0.2, 0.25) is 0 Å². The Hall–Kier alpha value is -1.07. The number of nitrogen functional groups attached to an aromatic ring is 1. The first-order valence-electron chi connectivity index (χ1n) is 7.03. The molecule has 1 fully saturated rings. The molecule has 0 spiro atoms. The lowest BCUT2D eigenvalue weighted by Crippen LogP contribution is -2.40. The van der Waals surface area contributed by atoms with E-state index in [2.05, 4.69) is 64.3 Å². The third-order valence-electron chi connectivity index (χ3n) is 4.32. The van der Waals surface area contributed by atoms with Crippen LogP contribution >= 0.6 is 22.6 Å². The predicted molar refractivity (Wildman–Crippen MR) is 92.9 cm³/mol. The Labute approximate surface area is 133 Å². The molecule has 3 N–H and O–H groups in total. The number of hydrogen-bond donors (Lipinski definition) is 2. The van der Waals surface area contributed by atoms with Crippen LogP contribution in [0.4, 0.5) is 5.69 Å². The van der Waals surface area contributed by atoms with E-state index in [1.54, 1.807) is 0 Å². The molecule has 0 aliphatic carbocycles. The van der Waals surface area contributed by atoms with Crippen molar-refractivity contribution in [2.24, 2.45) is 0 Å². The second-order valence-electron chi connectivity index (χ2n) is 5.46. The van der Waals surface area contributed by atoms with Gasteiger partial charge in [-0.15, -0.1) is 0 Å². The van der Waals surface area contributed by atoms with Gasteiger partial charge in [0.25, 0.3) is 0 Å². The van der Waals surface area contributed by atoms with Crippen LogP contribution in [0, 0.1) is 3.57 Å². The minimum Gasteiger partial charge on any atom is -0.399 e. The average molecular weight is 378 g/mol. The topological polar surface area (TPSA) is 38.0 Å². The Balaban J connectivity index is 2.08. The zero-order valence-corrected chi connectivity index (χ0v) is 13.6. The third-order valence-corrected chi connectivity index (χ3v) is 5.04. The van der Waals surface area contributed by atoms with E-state index in [0.717, 1.165) is 31.6 Å². The first kappa shape index (κ1) is 13.9. The Morgan fingerprint density at radius 3 is 1.90 bits per heavy atom. The quantitative estimate of drug-likeness (QED) is 0.620. The molecule has 0 radical (unpaired) electrons. The van der Waals surface area contributed by atoms with Crippen molar-refractivity contribution >= 4 is 28.3 Å². The van der Waals surface area contributed by atoms with Gasteiger partial charge in [-0.25, -0.2) is 0 Å². The zero-order valence-electron chi connectivity index (χ0n) is 11.4. The molecule has 20 heavy (non-hydrogen) atoms. The van der Waals surface area contributed by atoms with Crippen molar-refractivity contribution in [2.45, 2.75) is 18.3 Å². The molecule has 0 amide bonds. The predicted octanol–water partition coefficient (Wildman–Crippen LogP) is 3.54. The summed E-state index contributed by atoms with van der Waals surface area (Å²) in [6.45, 7) is 2.13. The third kappa shape index (κ3) is 2.56. The number of hydrogen-bond acceptors (Lipinski definition) is 2. The lowest BCUT2D eigenvalue weighted by molar-refractivity contribution is 0.362. The molecule has 0 atom stereocenters. The molecule has 3 rings (SSSR count). The lowest BCUT2D eigenvalue weighted by Gasteiger charge is -2.39. The molecular weight excluding hydrogens is 359 g/mol. The minimum absolute atomic E-state index is 0.128. The van der Waals surface area contributed by atoms with E-state index in [0.29, 0.717) is 0 Å². The van der Waals surface area contributed by atoms with E-state index >= 15 is 0 Å². The highest BCUT2D eigenvalue weighted by Crippen LogP contribution is 2.40. The van der Waals surface area contributed by atoms with Crippen LogP contribution < -0.4 is 11.1 Å². The minimum atomic E-state index is 0.128. The second-order valence-corrected chi connectivity index (χ2v) is 6.71. The molecule has 1 aliphatic heterocycles. The maximum absolute atomic E-state index is 5.84. The molecule has 1 saturated heterocycles. The SMILES string of the molecule is Nc1ccc(C2(c3ccc(I)cc3)CCNCC2)cc1. The van der Waals surface area contributed by atoms with E-state index in [4.69, 9.17) is 5.73 Å². The highest BCUT2D eigenvalue weighted by Gasteiger charge is 2.35. The second kappa shape index (κ2) is 5.74. The van der Waals surface area contributed by atoms with E-state index in [9.17, 15) is 0 Å². The van der Waals surface area contributed by atoms with Gasteiger partial charge in [-0.2, -0.15) is 0 Å². The number of piperidine rings is 1. The van der Waals surface area contributed by atoms with Gasteiger partial charge < -0.3 is 11.1 Å². The van der Waals surface area contributed by atoms with Gasteiger partial charge in [-0.1, -0.05) is 24.3 Å². The van der Waals surface area contributed by atoms with Gasteiger partial charge >= 0.3 is 0 Å². The van der Waals surface area contributed by atoms with E-state index in [1.165, 1.54) is 14.7 Å². The standard InChI is InChI=1S/C17H19IN2/c18-15-5-1-13(2-6-15)17(9-11-20-12-10-17)14-3-7-16(19)8-4-14/h1-8,20H,9-12,19H2. The summed E-state index contributed by atoms with van der Waals surface area (Å²) >= 11 is 2.36. The Morgan fingerprint density at radius 1 is 0.850 bits per heavy atom. The summed E-state index contributed by atoms with van der Waals surface area (Å²) in [4.78, 5) is 0. The highest BCUT2D eigenvalue weighted by atomic mass is 127. The van der Waals surface area contributed by atoms with Crippen molar-refractivity contribution < 1.29 is 0 Å². The lowest BCUT2D eigenvalue weighted by atomic mass is 9.68. The van der Waals surface area contributed by atoms with Crippen LogP contribution in [-0.4, -0.2) is 13.1 Å². The van der Waals surface area contributed by atoms with Crippen molar-refractivity contribution in [3.05, 3.63) is 63.2 Å². The van der Waals surface area contributed by atoms with Crippen molar-refractivity contribution in [1.29, 1.82) is 0 Å².